The van der Waals surface area contributed by atoms with E-state index in [0.717, 1.165) is 24.8 Å². The van der Waals surface area contributed by atoms with Crippen LogP contribution in [0.25, 0.3) is 0 Å². The SMILES string of the molecule is O=C([O-])/C=C/CCCC1CCCCC1.[Na+]. The van der Waals surface area contributed by atoms with E-state index in [1.54, 1.807) is 6.08 Å². The fourth-order valence-corrected chi connectivity index (χ4v) is 2.18. The average molecular weight is 218 g/mol. The number of aliphatic carboxylic acids is 1. The third-order valence-electron chi connectivity index (χ3n) is 2.96. The van der Waals surface area contributed by atoms with Gasteiger partial charge in [-0.1, -0.05) is 44.6 Å². The van der Waals surface area contributed by atoms with E-state index in [4.69, 9.17) is 0 Å². The molecule has 0 N–H and O–H groups in total. The van der Waals surface area contributed by atoms with Gasteiger partial charge in [0.1, 0.15) is 0 Å². The quantitative estimate of drug-likeness (QED) is 0.339. The molecule has 0 radical (unpaired) electrons. The fraction of sp³-hybridized carbons (Fsp3) is 0.750. The zero-order chi connectivity index (χ0) is 10.2. The molecule has 0 saturated heterocycles. The minimum absolute atomic E-state index is 0. The van der Waals surface area contributed by atoms with E-state index in [1.807, 2.05) is 0 Å². The molecule has 0 heterocycles. The largest absolute Gasteiger partial charge is 1.00 e. The minimum Gasteiger partial charge on any atom is -0.545 e. The number of carboxylic acids is 1. The second kappa shape index (κ2) is 9.44. The smallest absolute Gasteiger partial charge is 0.545 e. The van der Waals surface area contributed by atoms with Crippen molar-refractivity contribution < 1.29 is 39.5 Å². The zero-order valence-electron chi connectivity index (χ0n) is 9.71. The van der Waals surface area contributed by atoms with Crippen molar-refractivity contribution in [2.24, 2.45) is 5.92 Å². The first-order chi connectivity index (χ1) is 6.79. The Morgan fingerprint density at radius 3 is 2.53 bits per heavy atom. The summed E-state index contributed by atoms with van der Waals surface area (Å²) < 4.78 is 0. The van der Waals surface area contributed by atoms with E-state index < -0.39 is 5.97 Å². The Kier molecular flexibility index (Phi) is 9.57. The Morgan fingerprint density at radius 1 is 1.27 bits per heavy atom. The van der Waals surface area contributed by atoms with Crippen LogP contribution in [0.2, 0.25) is 0 Å². The molecule has 1 saturated carbocycles. The van der Waals surface area contributed by atoms with Gasteiger partial charge in [-0.25, -0.2) is 0 Å². The van der Waals surface area contributed by atoms with Gasteiger partial charge in [0, 0.05) is 0 Å². The molecule has 0 bridgehead atoms. The van der Waals surface area contributed by atoms with Crippen LogP contribution in [-0.4, -0.2) is 5.97 Å². The molecule has 1 aliphatic carbocycles. The summed E-state index contributed by atoms with van der Waals surface area (Å²) in [5, 5.41) is 10.1. The van der Waals surface area contributed by atoms with Crippen molar-refractivity contribution in [2.75, 3.05) is 0 Å². The molecule has 1 rings (SSSR count). The topological polar surface area (TPSA) is 40.1 Å². The molecule has 0 unspecified atom stereocenters. The van der Waals surface area contributed by atoms with Crippen LogP contribution >= 0.6 is 0 Å². The van der Waals surface area contributed by atoms with Crippen LogP contribution in [0, 0.1) is 5.92 Å². The second-order valence-electron chi connectivity index (χ2n) is 4.16. The van der Waals surface area contributed by atoms with Gasteiger partial charge in [-0.2, -0.15) is 0 Å². The van der Waals surface area contributed by atoms with Crippen molar-refractivity contribution in [3.05, 3.63) is 12.2 Å². The summed E-state index contributed by atoms with van der Waals surface area (Å²) in [6.45, 7) is 0. The zero-order valence-corrected chi connectivity index (χ0v) is 11.7. The van der Waals surface area contributed by atoms with E-state index in [-0.39, 0.29) is 29.6 Å². The fourth-order valence-electron chi connectivity index (χ4n) is 2.18. The molecule has 1 fully saturated rings. The number of hydrogen-bond acceptors (Lipinski definition) is 2. The summed E-state index contributed by atoms with van der Waals surface area (Å²) in [6, 6.07) is 0. The van der Waals surface area contributed by atoms with Crippen LogP contribution in [0.1, 0.15) is 51.4 Å². The molecule has 2 nitrogen and oxygen atoms in total. The Labute approximate surface area is 114 Å². The summed E-state index contributed by atoms with van der Waals surface area (Å²) in [7, 11) is 0. The number of rotatable bonds is 5. The number of carbonyl (C=O) groups is 1. The van der Waals surface area contributed by atoms with Crippen molar-refractivity contribution in [2.45, 2.75) is 51.4 Å². The maximum absolute atomic E-state index is 10.1. The minimum atomic E-state index is -1.08. The van der Waals surface area contributed by atoms with Crippen LogP contribution < -0.4 is 34.7 Å². The third kappa shape index (κ3) is 8.06. The Morgan fingerprint density at radius 2 is 1.93 bits per heavy atom. The van der Waals surface area contributed by atoms with Crippen molar-refractivity contribution in [3.63, 3.8) is 0 Å². The van der Waals surface area contributed by atoms with E-state index in [1.165, 1.54) is 38.5 Å². The summed E-state index contributed by atoms with van der Waals surface area (Å²) in [5.41, 5.74) is 0. The average Bonchev–Trinajstić information content (AvgIpc) is 2.18. The van der Waals surface area contributed by atoms with Crippen molar-refractivity contribution >= 4 is 5.97 Å². The Balaban J connectivity index is 0.00000196. The molecule has 3 heteroatoms. The molecule has 0 atom stereocenters. The molecule has 0 aromatic carbocycles. The molecule has 0 spiro atoms. The first-order valence-corrected chi connectivity index (χ1v) is 5.66. The van der Waals surface area contributed by atoms with Gasteiger partial charge in [-0.3, -0.25) is 0 Å². The van der Waals surface area contributed by atoms with Gasteiger partial charge in [-0.05, 0) is 24.8 Å². The number of hydrogen-bond donors (Lipinski definition) is 0. The van der Waals surface area contributed by atoms with Crippen molar-refractivity contribution in [1.29, 1.82) is 0 Å². The number of unbranched alkanes of at least 4 members (excludes halogenated alkanes) is 1. The van der Waals surface area contributed by atoms with E-state index in [9.17, 15) is 9.90 Å². The second-order valence-corrected chi connectivity index (χ2v) is 4.16. The number of carbonyl (C=O) groups excluding carboxylic acids is 1. The van der Waals surface area contributed by atoms with Crippen molar-refractivity contribution in [3.8, 4) is 0 Å². The van der Waals surface area contributed by atoms with Gasteiger partial charge < -0.3 is 9.90 Å². The van der Waals surface area contributed by atoms with E-state index in [0.29, 0.717) is 0 Å². The molecule has 0 aromatic rings. The maximum atomic E-state index is 10.1. The van der Waals surface area contributed by atoms with Gasteiger partial charge in [-0.15, -0.1) is 0 Å². The molecular weight excluding hydrogens is 199 g/mol. The maximum Gasteiger partial charge on any atom is 1.00 e. The van der Waals surface area contributed by atoms with E-state index in [2.05, 4.69) is 0 Å². The number of allylic oxidation sites excluding steroid dienone is 1. The molecule has 0 aliphatic heterocycles. The predicted octanol–water partition coefficient (Wildman–Crippen LogP) is -0.953. The number of carboxylic acid groups (broad SMARTS) is 1. The summed E-state index contributed by atoms with van der Waals surface area (Å²) >= 11 is 0. The van der Waals surface area contributed by atoms with Crippen LogP contribution in [0.5, 0.6) is 0 Å². The monoisotopic (exact) mass is 218 g/mol. The molecular formula is C12H19NaO2. The molecule has 15 heavy (non-hydrogen) atoms. The Hall–Kier alpha value is 0.210. The predicted molar refractivity (Wildman–Crippen MR) is 54.6 cm³/mol. The van der Waals surface area contributed by atoms with Gasteiger partial charge >= 0.3 is 29.6 Å². The van der Waals surface area contributed by atoms with Crippen molar-refractivity contribution in [1.82, 2.24) is 0 Å². The van der Waals surface area contributed by atoms with Gasteiger partial charge in [0.15, 0.2) is 0 Å². The summed E-state index contributed by atoms with van der Waals surface area (Å²) in [4.78, 5) is 10.1. The summed E-state index contributed by atoms with van der Waals surface area (Å²) in [5.74, 6) is -0.178. The van der Waals surface area contributed by atoms with Gasteiger partial charge in [0.05, 0.1) is 5.97 Å². The van der Waals surface area contributed by atoms with Crippen LogP contribution in [0.3, 0.4) is 0 Å². The first-order valence-electron chi connectivity index (χ1n) is 5.66. The van der Waals surface area contributed by atoms with Crippen LogP contribution in [0.4, 0.5) is 0 Å². The first kappa shape index (κ1) is 15.2. The van der Waals surface area contributed by atoms with Crippen LogP contribution in [0.15, 0.2) is 12.2 Å². The standard InChI is InChI=1S/C12H20O2.Na/c13-12(14)10-6-2-5-9-11-7-3-1-4-8-11;/h6,10-11H,1-5,7-9H2,(H,13,14);/q;+1/p-1/b10-6+;. The summed E-state index contributed by atoms with van der Waals surface area (Å²) in [6.07, 6.45) is 13.0. The van der Waals surface area contributed by atoms with Gasteiger partial charge in [0.2, 0.25) is 0 Å². The molecule has 1 aliphatic rings. The normalized spacial score (nSPS) is 17.6. The van der Waals surface area contributed by atoms with Crippen LogP contribution in [-0.2, 0) is 4.79 Å². The van der Waals surface area contributed by atoms with Gasteiger partial charge in [0.25, 0.3) is 0 Å². The third-order valence-corrected chi connectivity index (χ3v) is 2.96. The molecule has 0 amide bonds. The Bertz CT molecular complexity index is 196. The van der Waals surface area contributed by atoms with E-state index >= 15 is 0 Å². The molecule has 0 aromatic heterocycles. The molecule has 80 valence electrons.